The summed E-state index contributed by atoms with van der Waals surface area (Å²) >= 11 is 11.0. The van der Waals surface area contributed by atoms with Gasteiger partial charge in [-0.25, -0.2) is 0 Å². The first-order valence-electron chi connectivity index (χ1n) is 6.88. The van der Waals surface area contributed by atoms with Crippen LogP contribution in [-0.2, 0) is 5.75 Å². The van der Waals surface area contributed by atoms with Crippen molar-refractivity contribution in [3.8, 4) is 0 Å². The maximum atomic E-state index is 12.2. The molecule has 0 atom stereocenters. The van der Waals surface area contributed by atoms with Gasteiger partial charge in [-0.15, -0.1) is 10.2 Å². The van der Waals surface area contributed by atoms with Crippen molar-refractivity contribution in [2.45, 2.75) is 10.1 Å². The van der Waals surface area contributed by atoms with Crippen LogP contribution in [0.5, 0.6) is 0 Å². The summed E-state index contributed by atoms with van der Waals surface area (Å²) in [4.78, 5) is 12.2. The molecule has 0 spiro atoms. The highest BCUT2D eigenvalue weighted by Gasteiger charge is 2.11. The molecule has 1 N–H and O–H groups in total. The fourth-order valence-electron chi connectivity index (χ4n) is 1.84. The number of halogens is 2. The fraction of sp³-hybridized carbons (Fsp3) is 0.0625. The Bertz CT molecular complexity index is 855. The minimum atomic E-state index is -0.182. The van der Waals surface area contributed by atoms with E-state index in [-0.39, 0.29) is 5.91 Å². The predicted octanol–water partition coefficient (Wildman–Crippen LogP) is 5.34. The molecule has 0 aliphatic heterocycles. The Labute approximate surface area is 166 Å². The van der Waals surface area contributed by atoms with Crippen molar-refractivity contribution in [1.82, 2.24) is 10.2 Å². The molecule has 122 valence electrons. The molecule has 0 bridgehead atoms. The Morgan fingerprint density at radius 3 is 2.75 bits per heavy atom. The topological polar surface area (TPSA) is 54.9 Å². The molecule has 8 heteroatoms. The van der Waals surface area contributed by atoms with E-state index in [1.165, 1.54) is 11.3 Å². The SMILES string of the molecule is O=C(Nc1nnc(SCc2ccc(Cl)cc2)s1)c1cccc(I)c1. The van der Waals surface area contributed by atoms with Crippen LogP contribution in [0.4, 0.5) is 5.13 Å². The van der Waals surface area contributed by atoms with E-state index in [0.717, 1.165) is 24.2 Å². The van der Waals surface area contributed by atoms with Gasteiger partial charge >= 0.3 is 0 Å². The summed E-state index contributed by atoms with van der Waals surface area (Å²) in [6, 6.07) is 15.1. The third-order valence-corrected chi connectivity index (χ3v) is 5.96. The monoisotopic (exact) mass is 487 g/mol. The lowest BCUT2D eigenvalue weighted by Gasteiger charge is -2.01. The minimum absolute atomic E-state index is 0.182. The number of amides is 1. The number of aromatic nitrogens is 2. The second kappa shape index (κ2) is 8.28. The van der Waals surface area contributed by atoms with Crippen molar-refractivity contribution in [1.29, 1.82) is 0 Å². The lowest BCUT2D eigenvalue weighted by molar-refractivity contribution is 0.102. The molecule has 0 saturated carbocycles. The maximum absolute atomic E-state index is 12.2. The number of hydrogen-bond donors (Lipinski definition) is 1. The second-order valence-electron chi connectivity index (χ2n) is 4.75. The number of nitrogens with one attached hydrogen (secondary N) is 1. The quantitative estimate of drug-likeness (QED) is 0.300. The number of carbonyl (C=O) groups excluding carboxylic acids is 1. The fourth-order valence-corrected chi connectivity index (χ4v) is 4.22. The molecule has 24 heavy (non-hydrogen) atoms. The van der Waals surface area contributed by atoms with Crippen LogP contribution in [0.1, 0.15) is 15.9 Å². The summed E-state index contributed by atoms with van der Waals surface area (Å²) < 4.78 is 1.82. The second-order valence-corrected chi connectivity index (χ2v) is 8.63. The van der Waals surface area contributed by atoms with Gasteiger partial charge < -0.3 is 0 Å². The number of hydrogen-bond acceptors (Lipinski definition) is 5. The number of rotatable bonds is 5. The average Bonchev–Trinajstić information content (AvgIpc) is 3.02. The molecule has 1 amide bonds. The molecule has 1 heterocycles. The number of anilines is 1. The summed E-state index contributed by atoms with van der Waals surface area (Å²) in [5.41, 5.74) is 1.76. The zero-order chi connectivity index (χ0) is 16.9. The molecule has 0 fully saturated rings. The summed E-state index contributed by atoms with van der Waals surface area (Å²) in [5.74, 6) is 0.593. The van der Waals surface area contributed by atoms with E-state index >= 15 is 0 Å². The van der Waals surface area contributed by atoms with Gasteiger partial charge in [0.05, 0.1) is 0 Å². The molecule has 0 aliphatic rings. The smallest absolute Gasteiger partial charge is 0.257 e. The van der Waals surface area contributed by atoms with E-state index in [0.29, 0.717) is 10.7 Å². The van der Waals surface area contributed by atoms with Crippen molar-refractivity contribution in [2.24, 2.45) is 0 Å². The van der Waals surface area contributed by atoms with E-state index < -0.39 is 0 Å². The number of carbonyl (C=O) groups is 1. The van der Waals surface area contributed by atoms with Gasteiger partial charge in [-0.3, -0.25) is 10.1 Å². The van der Waals surface area contributed by atoms with Crippen molar-refractivity contribution >= 4 is 68.3 Å². The van der Waals surface area contributed by atoms with Crippen molar-refractivity contribution < 1.29 is 4.79 Å². The largest absolute Gasteiger partial charge is 0.296 e. The van der Waals surface area contributed by atoms with E-state index in [1.807, 2.05) is 42.5 Å². The van der Waals surface area contributed by atoms with E-state index in [1.54, 1.807) is 17.8 Å². The average molecular weight is 488 g/mol. The van der Waals surface area contributed by atoms with E-state index in [2.05, 4.69) is 38.1 Å². The third kappa shape index (κ3) is 4.92. The van der Waals surface area contributed by atoms with Crippen LogP contribution in [0, 0.1) is 3.57 Å². The standard InChI is InChI=1S/C16H11ClIN3OS2/c17-12-6-4-10(5-7-12)9-23-16-21-20-15(24-16)19-14(22)11-2-1-3-13(18)8-11/h1-8H,9H2,(H,19,20,22). The molecule has 0 radical (unpaired) electrons. The van der Waals surface area contributed by atoms with Gasteiger partial charge in [0, 0.05) is 19.9 Å². The Kier molecular flexibility index (Phi) is 6.09. The highest BCUT2D eigenvalue weighted by molar-refractivity contribution is 14.1. The number of nitrogens with zero attached hydrogens (tertiary/aromatic N) is 2. The maximum Gasteiger partial charge on any atom is 0.257 e. The number of thioether (sulfide) groups is 1. The van der Waals surface area contributed by atoms with Crippen molar-refractivity contribution in [3.05, 3.63) is 68.3 Å². The summed E-state index contributed by atoms with van der Waals surface area (Å²) in [7, 11) is 0. The Morgan fingerprint density at radius 1 is 1.21 bits per heavy atom. The molecule has 0 aliphatic carbocycles. The highest BCUT2D eigenvalue weighted by atomic mass is 127. The van der Waals surface area contributed by atoms with Crippen LogP contribution in [0.25, 0.3) is 0 Å². The Balaban J connectivity index is 1.59. The molecule has 2 aromatic carbocycles. The van der Waals surface area contributed by atoms with Gasteiger partial charge in [-0.05, 0) is 58.5 Å². The van der Waals surface area contributed by atoms with Gasteiger partial charge in [-0.1, -0.05) is 52.9 Å². The lowest BCUT2D eigenvalue weighted by atomic mass is 10.2. The van der Waals surface area contributed by atoms with Gasteiger partial charge in [-0.2, -0.15) is 0 Å². The first kappa shape index (κ1) is 17.7. The molecule has 0 saturated heterocycles. The molecule has 3 rings (SSSR count). The molecular formula is C16H11ClIN3OS2. The Hall–Kier alpha value is -1.16. The van der Waals surface area contributed by atoms with Crippen molar-refractivity contribution in [3.63, 3.8) is 0 Å². The highest BCUT2D eigenvalue weighted by Crippen LogP contribution is 2.28. The van der Waals surface area contributed by atoms with Crippen LogP contribution in [0.2, 0.25) is 5.02 Å². The first-order chi connectivity index (χ1) is 11.6. The van der Waals surface area contributed by atoms with Crippen LogP contribution in [0.3, 0.4) is 0 Å². The molecule has 3 aromatic rings. The van der Waals surface area contributed by atoms with Gasteiger partial charge in [0.2, 0.25) is 5.13 Å². The normalized spacial score (nSPS) is 10.6. The Morgan fingerprint density at radius 2 is 2.00 bits per heavy atom. The van der Waals surface area contributed by atoms with Crippen LogP contribution >= 0.6 is 57.3 Å². The summed E-state index contributed by atoms with van der Waals surface area (Å²) in [5, 5.41) is 12.1. The summed E-state index contributed by atoms with van der Waals surface area (Å²) in [6.07, 6.45) is 0. The lowest BCUT2D eigenvalue weighted by Crippen LogP contribution is -2.11. The molecule has 4 nitrogen and oxygen atoms in total. The first-order valence-corrected chi connectivity index (χ1v) is 10.1. The number of benzene rings is 2. The van der Waals surface area contributed by atoms with Crippen LogP contribution in [-0.4, -0.2) is 16.1 Å². The molecule has 0 unspecified atom stereocenters. The summed E-state index contributed by atoms with van der Waals surface area (Å²) in [6.45, 7) is 0. The zero-order valence-corrected chi connectivity index (χ0v) is 16.7. The molecule has 1 aromatic heterocycles. The molecular weight excluding hydrogens is 477 g/mol. The van der Waals surface area contributed by atoms with Crippen molar-refractivity contribution in [2.75, 3.05) is 5.32 Å². The van der Waals surface area contributed by atoms with Gasteiger partial charge in [0.25, 0.3) is 5.91 Å². The van der Waals surface area contributed by atoms with Gasteiger partial charge in [0.1, 0.15) is 0 Å². The minimum Gasteiger partial charge on any atom is -0.296 e. The van der Waals surface area contributed by atoms with E-state index in [4.69, 9.17) is 11.6 Å². The predicted molar refractivity (Wildman–Crippen MR) is 108 cm³/mol. The zero-order valence-electron chi connectivity index (χ0n) is 12.2. The van der Waals surface area contributed by atoms with Gasteiger partial charge in [0.15, 0.2) is 4.34 Å². The van der Waals surface area contributed by atoms with Crippen LogP contribution in [0.15, 0.2) is 52.9 Å². The van der Waals surface area contributed by atoms with E-state index in [9.17, 15) is 4.79 Å². The third-order valence-electron chi connectivity index (χ3n) is 2.99. The van der Waals surface area contributed by atoms with Crippen LogP contribution < -0.4 is 5.32 Å².